The predicted octanol–water partition coefficient (Wildman–Crippen LogP) is 8.34. The molecule has 0 aliphatic heterocycles. The lowest BCUT2D eigenvalue weighted by atomic mass is 10.1. The van der Waals surface area contributed by atoms with Crippen LogP contribution in [0.15, 0.2) is 58.8 Å². The van der Waals surface area contributed by atoms with Crippen molar-refractivity contribution in [3.63, 3.8) is 0 Å². The van der Waals surface area contributed by atoms with Gasteiger partial charge in [0.2, 0.25) is 0 Å². The van der Waals surface area contributed by atoms with Gasteiger partial charge in [-0.15, -0.1) is 0 Å². The second kappa shape index (κ2) is 14.3. The Kier molecular flexibility index (Phi) is 11.2. The minimum absolute atomic E-state index is 0.0480. The maximum absolute atomic E-state index is 10.7. The molecule has 0 unspecified atom stereocenters. The van der Waals surface area contributed by atoms with E-state index in [0.29, 0.717) is 5.69 Å². The molecule has 1 N–H and O–H groups in total. The van der Waals surface area contributed by atoms with Crippen LogP contribution in [-0.4, -0.2) is 11.5 Å². The van der Waals surface area contributed by atoms with Crippen LogP contribution < -0.4 is 5.32 Å². The summed E-state index contributed by atoms with van der Waals surface area (Å²) in [7, 11) is 0. The third-order valence-electron chi connectivity index (χ3n) is 5.07. The number of nitro benzene ring substituents is 1. The van der Waals surface area contributed by atoms with E-state index in [1.54, 1.807) is 12.1 Å². The smallest absolute Gasteiger partial charge is 0.269 e. The van der Waals surface area contributed by atoms with E-state index in [0.717, 1.165) is 17.9 Å². The Balaban J connectivity index is 1.59. The highest BCUT2D eigenvalue weighted by Crippen LogP contribution is 2.22. The maximum Gasteiger partial charge on any atom is 0.269 e. The number of nitrogens with one attached hydrogen (secondary N) is 1. The standard InChI is InChI=1S/C24H34N4O2/c1-2-3-4-5-6-7-8-9-10-11-20-25-21-12-14-22(15-13-21)26-27-23-16-18-24(19-17-23)28(29)30/h12-19,25H,2-11,20H2,1H3. The highest BCUT2D eigenvalue weighted by Gasteiger charge is 2.03. The van der Waals surface area contributed by atoms with Crippen molar-refractivity contribution in [2.24, 2.45) is 10.2 Å². The van der Waals surface area contributed by atoms with Crippen LogP contribution in [0.25, 0.3) is 0 Å². The first kappa shape index (κ1) is 23.5. The van der Waals surface area contributed by atoms with E-state index in [9.17, 15) is 10.1 Å². The number of benzene rings is 2. The van der Waals surface area contributed by atoms with Crippen LogP contribution in [-0.2, 0) is 0 Å². The van der Waals surface area contributed by atoms with E-state index in [2.05, 4.69) is 22.5 Å². The second-order valence-corrected chi connectivity index (χ2v) is 7.63. The highest BCUT2D eigenvalue weighted by atomic mass is 16.6. The Hall–Kier alpha value is -2.76. The zero-order chi connectivity index (χ0) is 21.4. The van der Waals surface area contributed by atoms with Gasteiger partial charge in [0.1, 0.15) is 0 Å². The Labute approximate surface area is 180 Å². The number of non-ortho nitro benzene ring substituents is 1. The first-order valence-electron chi connectivity index (χ1n) is 11.2. The van der Waals surface area contributed by atoms with E-state index in [1.807, 2.05) is 24.3 Å². The Morgan fingerprint density at radius 1 is 0.733 bits per heavy atom. The van der Waals surface area contributed by atoms with Crippen molar-refractivity contribution in [2.45, 2.75) is 71.1 Å². The normalized spacial score (nSPS) is 11.1. The monoisotopic (exact) mass is 410 g/mol. The summed E-state index contributed by atoms with van der Waals surface area (Å²) in [6.45, 7) is 3.25. The van der Waals surface area contributed by atoms with E-state index >= 15 is 0 Å². The molecule has 30 heavy (non-hydrogen) atoms. The van der Waals surface area contributed by atoms with Gasteiger partial charge < -0.3 is 5.32 Å². The summed E-state index contributed by atoms with van der Waals surface area (Å²) < 4.78 is 0. The van der Waals surface area contributed by atoms with Crippen LogP contribution in [0.3, 0.4) is 0 Å². The minimum Gasteiger partial charge on any atom is -0.385 e. The molecule has 0 bridgehead atoms. The number of hydrogen-bond acceptors (Lipinski definition) is 5. The lowest BCUT2D eigenvalue weighted by Gasteiger charge is -2.06. The lowest BCUT2D eigenvalue weighted by molar-refractivity contribution is -0.384. The van der Waals surface area contributed by atoms with Crippen molar-refractivity contribution in [3.8, 4) is 0 Å². The molecule has 0 radical (unpaired) electrons. The molecule has 0 aliphatic rings. The molecule has 162 valence electrons. The lowest BCUT2D eigenvalue weighted by Crippen LogP contribution is -2.00. The number of nitrogens with zero attached hydrogens (tertiary/aromatic N) is 3. The third-order valence-corrected chi connectivity index (χ3v) is 5.07. The molecule has 6 nitrogen and oxygen atoms in total. The Bertz CT molecular complexity index is 758. The molecule has 0 aliphatic carbocycles. The first-order valence-corrected chi connectivity index (χ1v) is 11.2. The van der Waals surface area contributed by atoms with Gasteiger partial charge in [0.15, 0.2) is 0 Å². The van der Waals surface area contributed by atoms with Gasteiger partial charge in [-0.2, -0.15) is 10.2 Å². The molecule has 0 saturated carbocycles. The van der Waals surface area contributed by atoms with E-state index in [1.165, 1.54) is 76.3 Å². The molecule has 2 aromatic carbocycles. The molecule has 0 spiro atoms. The molecule has 2 aromatic rings. The maximum atomic E-state index is 10.7. The fourth-order valence-corrected chi connectivity index (χ4v) is 3.25. The number of unbranched alkanes of at least 4 members (excludes halogenated alkanes) is 9. The van der Waals surface area contributed by atoms with Crippen LogP contribution in [0.5, 0.6) is 0 Å². The Morgan fingerprint density at radius 3 is 1.70 bits per heavy atom. The third kappa shape index (κ3) is 9.63. The summed E-state index contributed by atoms with van der Waals surface area (Å²) in [5.74, 6) is 0. The van der Waals surface area contributed by atoms with E-state index in [-0.39, 0.29) is 5.69 Å². The van der Waals surface area contributed by atoms with Crippen LogP contribution in [0, 0.1) is 10.1 Å². The van der Waals surface area contributed by atoms with Crippen molar-refractivity contribution in [1.82, 2.24) is 0 Å². The quantitative estimate of drug-likeness (QED) is 0.139. The average Bonchev–Trinajstić information content (AvgIpc) is 2.77. The van der Waals surface area contributed by atoms with Crippen molar-refractivity contribution in [3.05, 3.63) is 58.6 Å². The summed E-state index contributed by atoms with van der Waals surface area (Å²) in [4.78, 5) is 10.2. The van der Waals surface area contributed by atoms with E-state index in [4.69, 9.17) is 0 Å². The molecular weight excluding hydrogens is 376 g/mol. The van der Waals surface area contributed by atoms with Gasteiger partial charge in [0, 0.05) is 24.4 Å². The van der Waals surface area contributed by atoms with Crippen LogP contribution in [0.1, 0.15) is 71.1 Å². The van der Waals surface area contributed by atoms with Crippen molar-refractivity contribution in [2.75, 3.05) is 11.9 Å². The van der Waals surface area contributed by atoms with Crippen molar-refractivity contribution >= 4 is 22.7 Å². The molecule has 0 fully saturated rings. The summed E-state index contributed by atoms with van der Waals surface area (Å²) in [5, 5.41) is 22.4. The molecule has 0 atom stereocenters. The highest BCUT2D eigenvalue weighted by molar-refractivity contribution is 5.51. The van der Waals surface area contributed by atoms with Crippen LogP contribution >= 0.6 is 0 Å². The second-order valence-electron chi connectivity index (χ2n) is 7.63. The van der Waals surface area contributed by atoms with Crippen molar-refractivity contribution < 1.29 is 4.92 Å². The van der Waals surface area contributed by atoms with Gasteiger partial charge in [-0.25, -0.2) is 0 Å². The van der Waals surface area contributed by atoms with Gasteiger partial charge in [0.25, 0.3) is 5.69 Å². The minimum atomic E-state index is -0.428. The number of nitro groups is 1. The largest absolute Gasteiger partial charge is 0.385 e. The summed E-state index contributed by atoms with van der Waals surface area (Å²) in [6, 6.07) is 13.9. The zero-order valence-corrected chi connectivity index (χ0v) is 18.1. The molecule has 0 heterocycles. The Morgan fingerprint density at radius 2 is 1.20 bits per heavy atom. The molecule has 2 rings (SSSR count). The number of azo groups is 1. The van der Waals surface area contributed by atoms with Crippen LogP contribution in [0.2, 0.25) is 0 Å². The first-order chi connectivity index (χ1) is 14.7. The fourth-order valence-electron chi connectivity index (χ4n) is 3.25. The molecule has 0 aromatic heterocycles. The predicted molar refractivity (Wildman–Crippen MR) is 124 cm³/mol. The molecular formula is C24H34N4O2. The molecule has 0 saturated heterocycles. The average molecular weight is 411 g/mol. The fraction of sp³-hybridized carbons (Fsp3) is 0.500. The summed E-state index contributed by atoms with van der Waals surface area (Å²) >= 11 is 0. The number of anilines is 1. The summed E-state index contributed by atoms with van der Waals surface area (Å²) in [5.41, 5.74) is 2.47. The number of rotatable bonds is 15. The molecule has 6 heteroatoms. The van der Waals surface area contributed by atoms with Gasteiger partial charge in [-0.3, -0.25) is 10.1 Å². The van der Waals surface area contributed by atoms with Gasteiger partial charge >= 0.3 is 0 Å². The van der Waals surface area contributed by atoms with Gasteiger partial charge in [-0.05, 0) is 42.8 Å². The van der Waals surface area contributed by atoms with Crippen LogP contribution in [0.4, 0.5) is 22.7 Å². The molecule has 0 amide bonds. The van der Waals surface area contributed by atoms with Gasteiger partial charge in [0.05, 0.1) is 16.3 Å². The topological polar surface area (TPSA) is 79.9 Å². The summed E-state index contributed by atoms with van der Waals surface area (Å²) in [6.07, 6.45) is 13.5. The van der Waals surface area contributed by atoms with Crippen molar-refractivity contribution in [1.29, 1.82) is 0 Å². The SMILES string of the molecule is CCCCCCCCCCCCNc1ccc(N=Nc2ccc([N+](=O)[O-])cc2)cc1. The zero-order valence-electron chi connectivity index (χ0n) is 18.1. The van der Waals surface area contributed by atoms with E-state index < -0.39 is 4.92 Å². The number of hydrogen-bond donors (Lipinski definition) is 1. The van der Waals surface area contributed by atoms with Gasteiger partial charge in [-0.1, -0.05) is 64.7 Å².